The third-order valence-electron chi connectivity index (χ3n) is 14.6. The number of anilines is 3. The number of methoxy groups -OCH3 is 4. The van der Waals surface area contributed by atoms with Gasteiger partial charge < -0.3 is 33.5 Å². The van der Waals surface area contributed by atoms with Crippen molar-refractivity contribution in [1.82, 2.24) is 0 Å². The van der Waals surface area contributed by atoms with Gasteiger partial charge in [0.15, 0.2) is 23.0 Å². The van der Waals surface area contributed by atoms with Crippen molar-refractivity contribution in [2.75, 3.05) is 67.0 Å². The van der Waals surface area contributed by atoms with E-state index in [1.807, 2.05) is 85.9 Å². The number of allylic oxidation sites excluding steroid dienone is 1. The van der Waals surface area contributed by atoms with E-state index < -0.39 is 5.97 Å². The average molecular weight is 1250 g/mol. The number of hydrogen-bond donors (Lipinski definition) is 1. The van der Waals surface area contributed by atoms with Gasteiger partial charge in [0, 0.05) is 102 Å². The van der Waals surface area contributed by atoms with Crippen LogP contribution in [0.1, 0.15) is 53.3 Å². The number of benzene rings is 6. The first-order valence-electron chi connectivity index (χ1n) is 26.3. The summed E-state index contributed by atoms with van der Waals surface area (Å²) in [5.41, 5.74) is 11.0. The topological polar surface area (TPSA) is 208 Å². The predicted octanol–water partition coefficient (Wildman–Crippen LogP) is 10.7. The Morgan fingerprint density at radius 3 is 1.35 bits per heavy atom. The van der Waals surface area contributed by atoms with E-state index in [2.05, 4.69) is 46.6 Å². The number of aliphatic imine (C=N–C) groups is 3. The lowest BCUT2D eigenvalue weighted by Gasteiger charge is -2.22. The Morgan fingerprint density at radius 2 is 0.916 bits per heavy atom. The van der Waals surface area contributed by atoms with Crippen LogP contribution in [0.5, 0.6) is 28.7 Å². The molecule has 0 saturated heterocycles. The number of halogens is 2. The number of aryl methyl sites for hydroxylation is 1. The summed E-state index contributed by atoms with van der Waals surface area (Å²) >= 11 is 6.46. The number of fused-ring (bicyclic) bond motifs is 12. The Kier molecular flexibility index (Phi) is 17.3. The van der Waals surface area contributed by atoms with E-state index in [0.717, 1.165) is 51.3 Å². The van der Waals surface area contributed by atoms with Gasteiger partial charge in [0.25, 0.3) is 17.7 Å². The molecule has 6 aliphatic heterocycles. The van der Waals surface area contributed by atoms with E-state index in [1.54, 1.807) is 57.5 Å². The van der Waals surface area contributed by atoms with Crippen LogP contribution in [0.4, 0.5) is 34.1 Å². The summed E-state index contributed by atoms with van der Waals surface area (Å²) in [5.74, 6) is 0.152. The minimum Gasteiger partial charge on any atom is -0.504 e. The molecule has 0 bridgehead atoms. The fourth-order valence-corrected chi connectivity index (χ4v) is 11.8. The van der Waals surface area contributed by atoms with Gasteiger partial charge >= 0.3 is 11.9 Å². The second kappa shape index (κ2) is 25.1. The van der Waals surface area contributed by atoms with Crippen molar-refractivity contribution in [3.05, 3.63) is 171 Å². The highest BCUT2D eigenvalue weighted by Gasteiger charge is 2.39. The molecule has 0 aliphatic carbocycles. The first-order chi connectivity index (χ1) is 40.2. The molecule has 0 spiro atoms. The number of amides is 3. The summed E-state index contributed by atoms with van der Waals surface area (Å²) < 4.78 is 32.5. The maximum absolute atomic E-state index is 13.8. The van der Waals surface area contributed by atoms with E-state index in [4.69, 9.17) is 28.7 Å². The largest absolute Gasteiger partial charge is 0.504 e. The SMILES string of the molecule is COC(=O)/C=C(\COc1cc2c(cc1C)C(=O)N1c3ccccc3C[C@H]1C=N2)COc1cc2c(cc1OC)C(=O)N1c3ccccc3C[C@H]1C=N2.COC(=O)C=C(CBr)CBr.COc1cc2c(cc1O)N=C[C@@H]1Cc3ccccc3N1C2=O. The highest BCUT2D eigenvalue weighted by atomic mass is 79.9. The molecule has 6 heterocycles. The Morgan fingerprint density at radius 1 is 0.530 bits per heavy atom. The molecular formula is C63H56Br2N6O12. The van der Waals surface area contributed by atoms with Gasteiger partial charge in [-0.3, -0.25) is 44.1 Å². The number of carbonyl (C=O) groups is 5. The summed E-state index contributed by atoms with van der Waals surface area (Å²) in [5, 5.41) is 11.3. The van der Waals surface area contributed by atoms with Crippen LogP contribution in [0.2, 0.25) is 0 Å². The Balaban J connectivity index is 0.000000196. The van der Waals surface area contributed by atoms with E-state index in [1.165, 1.54) is 46.7 Å². The van der Waals surface area contributed by atoms with E-state index in [9.17, 15) is 29.1 Å². The van der Waals surface area contributed by atoms with Gasteiger partial charge in [-0.1, -0.05) is 86.5 Å². The zero-order chi connectivity index (χ0) is 58.5. The summed E-state index contributed by atoms with van der Waals surface area (Å²) in [6.07, 6.45) is 10.3. The molecule has 6 aromatic rings. The van der Waals surface area contributed by atoms with Crippen LogP contribution in [-0.4, -0.2) is 124 Å². The lowest BCUT2D eigenvalue weighted by Crippen LogP contribution is -2.37. The highest BCUT2D eigenvalue weighted by Crippen LogP contribution is 2.44. The van der Waals surface area contributed by atoms with Gasteiger partial charge in [-0.2, -0.15) is 0 Å². The number of para-hydroxylation sites is 3. The maximum Gasteiger partial charge on any atom is 0.330 e. The zero-order valence-electron chi connectivity index (χ0n) is 45.8. The van der Waals surface area contributed by atoms with Gasteiger partial charge in [0.1, 0.15) is 19.0 Å². The zero-order valence-corrected chi connectivity index (χ0v) is 49.0. The smallest absolute Gasteiger partial charge is 0.330 e. The molecule has 18 nitrogen and oxygen atoms in total. The lowest BCUT2D eigenvalue weighted by molar-refractivity contribution is -0.135. The van der Waals surface area contributed by atoms with Crippen molar-refractivity contribution in [3.63, 3.8) is 0 Å². The molecule has 0 unspecified atom stereocenters. The highest BCUT2D eigenvalue weighted by molar-refractivity contribution is 9.10. The number of phenolic OH excluding ortho intramolecular Hbond substituents is 1. The summed E-state index contributed by atoms with van der Waals surface area (Å²) in [6, 6.07) is 33.1. The molecule has 0 fully saturated rings. The van der Waals surface area contributed by atoms with Crippen LogP contribution in [0.15, 0.2) is 147 Å². The quantitative estimate of drug-likeness (QED) is 0.0690. The van der Waals surface area contributed by atoms with Crippen LogP contribution in [0, 0.1) is 6.92 Å². The van der Waals surface area contributed by atoms with Gasteiger partial charge in [-0.25, -0.2) is 9.59 Å². The number of hydrogen-bond acceptors (Lipinski definition) is 15. The molecule has 424 valence electrons. The molecule has 20 heteroatoms. The normalized spacial score (nSPS) is 17.1. The molecule has 3 amide bonds. The molecule has 0 aromatic heterocycles. The Bertz CT molecular complexity index is 3740. The molecule has 1 N–H and O–H groups in total. The van der Waals surface area contributed by atoms with Crippen molar-refractivity contribution >= 4 is 114 Å². The Hall–Kier alpha value is -8.88. The van der Waals surface area contributed by atoms with Crippen LogP contribution in [-0.2, 0) is 38.3 Å². The number of esters is 2. The average Bonchev–Trinajstić information content (AvgIpc) is 3.89. The number of rotatable bonds is 12. The number of nitrogens with zero attached hydrogens (tertiary/aromatic N) is 6. The van der Waals surface area contributed by atoms with E-state index in [0.29, 0.717) is 80.1 Å². The molecule has 12 rings (SSSR count). The van der Waals surface area contributed by atoms with Crippen molar-refractivity contribution in [2.45, 2.75) is 44.3 Å². The standard InChI is InChI=1S/C40H34N4O7.C17H14N2O3.C6H8Br2O2/c1-23-12-29-31(41-19-27-14-25-8-4-6-10-33(25)43(27)39(29)46)17-35(23)50-21-24(13-38(45)49-3)22-51-37-18-32-30(16-36(37)48-2)40(47)44-28(20-42-32)15-26-9-5-7-11-34(26)44;1-22-16-7-12-13(8-15(16)20)18-9-11-6-10-4-2-3-5-14(10)19(11)17(12)21;1-10-6(9)2-5(3-7)4-8/h4-13,16-20,27-28H,14-15,21-22H2,1-3H3;2-5,7-9,11,20H,6H2,1H3;2H,3-4H2,1H3/b24-13+;;/t27-,28-;11-;/m00./s1. The lowest BCUT2D eigenvalue weighted by atomic mass is 10.1. The van der Waals surface area contributed by atoms with Crippen LogP contribution < -0.4 is 33.6 Å². The minimum absolute atomic E-state index is 0.0194. The molecule has 0 saturated carbocycles. The van der Waals surface area contributed by atoms with E-state index in [-0.39, 0.29) is 66.5 Å². The van der Waals surface area contributed by atoms with E-state index >= 15 is 0 Å². The van der Waals surface area contributed by atoms with Crippen molar-refractivity contribution in [3.8, 4) is 28.7 Å². The second-order valence-corrected chi connectivity index (χ2v) is 20.9. The van der Waals surface area contributed by atoms with Gasteiger partial charge in [-0.15, -0.1) is 0 Å². The third kappa shape index (κ3) is 11.8. The maximum atomic E-state index is 13.8. The van der Waals surface area contributed by atoms with Crippen molar-refractivity contribution in [2.24, 2.45) is 15.0 Å². The monoisotopic (exact) mass is 1250 g/mol. The van der Waals surface area contributed by atoms with Gasteiger partial charge in [0.05, 0.1) is 80.3 Å². The van der Waals surface area contributed by atoms with Gasteiger partial charge in [0.2, 0.25) is 0 Å². The summed E-state index contributed by atoms with van der Waals surface area (Å²) in [4.78, 5) is 82.6. The van der Waals surface area contributed by atoms with Crippen molar-refractivity contribution < 1.29 is 57.5 Å². The first kappa shape index (κ1) is 57.4. The molecule has 0 radical (unpaired) electrons. The van der Waals surface area contributed by atoms with Gasteiger partial charge in [-0.05, 0) is 71.1 Å². The van der Waals surface area contributed by atoms with Crippen LogP contribution in [0.3, 0.4) is 0 Å². The Labute approximate surface area is 495 Å². The van der Waals surface area contributed by atoms with Crippen LogP contribution >= 0.6 is 31.9 Å². The second-order valence-electron chi connectivity index (χ2n) is 19.8. The van der Waals surface area contributed by atoms with Crippen molar-refractivity contribution in [1.29, 1.82) is 0 Å². The number of phenols is 1. The fourth-order valence-electron chi connectivity index (χ4n) is 10.5. The molecule has 6 aromatic carbocycles. The molecule has 83 heavy (non-hydrogen) atoms. The number of carbonyl (C=O) groups excluding carboxylic acids is 5. The predicted molar refractivity (Wildman–Crippen MR) is 324 cm³/mol. The third-order valence-corrected chi connectivity index (χ3v) is 16.1. The minimum atomic E-state index is -0.572. The molecular weight excluding hydrogens is 1190 g/mol. The summed E-state index contributed by atoms with van der Waals surface area (Å²) in [7, 11) is 5.61. The number of aromatic hydroxyl groups is 1. The fraction of sp³-hybridized carbons (Fsp3) is 0.238. The molecule has 3 atom stereocenters. The number of ether oxygens (including phenoxy) is 6. The van der Waals surface area contributed by atoms with Crippen LogP contribution in [0.25, 0.3) is 0 Å². The number of alkyl halides is 2. The molecule has 6 aliphatic rings. The first-order valence-corrected chi connectivity index (χ1v) is 28.6. The summed E-state index contributed by atoms with van der Waals surface area (Å²) in [6.45, 7) is 1.79.